The molecule has 0 aromatic heterocycles. The largest absolute Gasteiger partial charge is 0.398 e. The van der Waals surface area contributed by atoms with Crippen LogP contribution in [0.4, 0.5) is 10.1 Å². The summed E-state index contributed by atoms with van der Waals surface area (Å²) in [5, 5.41) is 3.08. The fraction of sp³-hybridized carbons (Fsp3) is 0.176. The molecule has 108 valence electrons. The van der Waals surface area contributed by atoms with Crippen molar-refractivity contribution in [3.05, 3.63) is 70.2 Å². The number of hydrogen-bond donors (Lipinski definition) is 3. The van der Waals surface area contributed by atoms with E-state index in [4.69, 9.17) is 11.5 Å². The van der Waals surface area contributed by atoms with Crippen molar-refractivity contribution < 1.29 is 4.39 Å². The highest BCUT2D eigenvalue weighted by Crippen LogP contribution is 2.36. The van der Waals surface area contributed by atoms with Crippen LogP contribution in [0.3, 0.4) is 0 Å². The first-order valence-corrected chi connectivity index (χ1v) is 6.83. The monoisotopic (exact) mass is 283 g/mol. The van der Waals surface area contributed by atoms with Gasteiger partial charge in [-0.05, 0) is 43.3 Å². The predicted octanol–water partition coefficient (Wildman–Crippen LogP) is 2.76. The summed E-state index contributed by atoms with van der Waals surface area (Å²) in [6, 6.07) is 8.86. The van der Waals surface area contributed by atoms with Crippen molar-refractivity contribution >= 4 is 11.8 Å². The van der Waals surface area contributed by atoms with Crippen molar-refractivity contribution in [3.8, 4) is 0 Å². The van der Waals surface area contributed by atoms with Gasteiger partial charge >= 0.3 is 0 Å². The van der Waals surface area contributed by atoms with Crippen LogP contribution in [0.5, 0.6) is 0 Å². The summed E-state index contributed by atoms with van der Waals surface area (Å²) in [6.07, 6.45) is 3.59. The lowest BCUT2D eigenvalue weighted by atomic mass is 9.84. The molecule has 0 saturated carbocycles. The van der Waals surface area contributed by atoms with Gasteiger partial charge in [-0.2, -0.15) is 0 Å². The lowest BCUT2D eigenvalue weighted by molar-refractivity contribution is 0.444. The summed E-state index contributed by atoms with van der Waals surface area (Å²) in [7, 11) is 0. The van der Waals surface area contributed by atoms with Gasteiger partial charge in [0.1, 0.15) is 11.5 Å². The van der Waals surface area contributed by atoms with Crippen LogP contribution < -0.4 is 16.8 Å². The predicted molar refractivity (Wildman–Crippen MR) is 83.9 cm³/mol. The van der Waals surface area contributed by atoms with Crippen LogP contribution in [0.25, 0.3) is 6.08 Å². The zero-order chi connectivity index (χ0) is 15.2. The van der Waals surface area contributed by atoms with Gasteiger partial charge in [-0.15, -0.1) is 0 Å². The van der Waals surface area contributed by atoms with Crippen LogP contribution >= 0.6 is 0 Å². The average Bonchev–Trinajstić information content (AvgIpc) is 2.43. The second-order valence-electron chi connectivity index (χ2n) is 5.53. The number of aryl methyl sites for hydroxylation is 2. The molecular formula is C17H18FN3. The Kier molecular flexibility index (Phi) is 2.99. The maximum absolute atomic E-state index is 14.4. The molecule has 1 aliphatic heterocycles. The number of hydrogen-bond acceptors (Lipinski definition) is 3. The van der Waals surface area contributed by atoms with Crippen LogP contribution in [-0.2, 0) is 5.66 Å². The molecule has 0 radical (unpaired) electrons. The van der Waals surface area contributed by atoms with E-state index in [1.165, 1.54) is 6.07 Å². The number of nitrogen functional groups attached to an aromatic ring is 1. The normalized spacial score (nSPS) is 20.0. The topological polar surface area (TPSA) is 64.1 Å². The Morgan fingerprint density at radius 3 is 2.52 bits per heavy atom. The highest BCUT2D eigenvalue weighted by molar-refractivity contribution is 5.74. The fourth-order valence-electron chi connectivity index (χ4n) is 2.77. The second-order valence-corrected chi connectivity index (χ2v) is 5.53. The van der Waals surface area contributed by atoms with Gasteiger partial charge in [0.15, 0.2) is 0 Å². The Bertz CT molecular complexity index is 752. The van der Waals surface area contributed by atoms with Crippen molar-refractivity contribution in [3.63, 3.8) is 0 Å². The van der Waals surface area contributed by atoms with Crippen molar-refractivity contribution in [2.45, 2.75) is 19.5 Å². The number of benzene rings is 2. The summed E-state index contributed by atoms with van der Waals surface area (Å²) in [5.74, 6) is -0.328. The maximum Gasteiger partial charge on any atom is 0.142 e. The average molecular weight is 283 g/mol. The quantitative estimate of drug-likeness (QED) is 0.705. The molecule has 2 aromatic rings. The number of fused-ring (bicyclic) bond motifs is 1. The number of halogens is 1. The third-order valence-electron chi connectivity index (χ3n) is 4.04. The molecule has 4 heteroatoms. The first-order valence-electron chi connectivity index (χ1n) is 6.83. The van der Waals surface area contributed by atoms with Crippen LogP contribution in [-0.4, -0.2) is 0 Å². The summed E-state index contributed by atoms with van der Waals surface area (Å²) in [5.41, 5.74) is 16.1. The molecule has 21 heavy (non-hydrogen) atoms. The molecule has 3 rings (SSSR count). The lowest BCUT2D eigenvalue weighted by Crippen LogP contribution is -2.51. The summed E-state index contributed by atoms with van der Waals surface area (Å²) < 4.78 is 14.4. The van der Waals surface area contributed by atoms with Gasteiger partial charge in [-0.3, -0.25) is 0 Å². The number of nitrogens with one attached hydrogen (secondary N) is 1. The zero-order valence-corrected chi connectivity index (χ0v) is 12.1. The minimum Gasteiger partial charge on any atom is -0.398 e. The van der Waals surface area contributed by atoms with Gasteiger partial charge in [-0.25, -0.2) is 4.39 Å². The van der Waals surface area contributed by atoms with Gasteiger partial charge in [0.05, 0.1) is 0 Å². The molecule has 0 saturated heterocycles. The zero-order valence-electron chi connectivity index (χ0n) is 12.1. The lowest BCUT2D eigenvalue weighted by Gasteiger charge is -2.36. The minimum atomic E-state index is -1.12. The highest BCUT2D eigenvalue weighted by Gasteiger charge is 2.35. The van der Waals surface area contributed by atoms with Crippen molar-refractivity contribution in [2.75, 3.05) is 5.73 Å². The summed E-state index contributed by atoms with van der Waals surface area (Å²) in [6.45, 7) is 3.79. The van der Waals surface area contributed by atoms with Crippen molar-refractivity contribution in [1.82, 2.24) is 5.32 Å². The Hall–Kier alpha value is -2.33. The Balaban J connectivity index is 2.25. The van der Waals surface area contributed by atoms with E-state index in [-0.39, 0.29) is 5.82 Å². The molecule has 0 amide bonds. The van der Waals surface area contributed by atoms with E-state index < -0.39 is 5.66 Å². The van der Waals surface area contributed by atoms with Gasteiger partial charge < -0.3 is 16.8 Å². The van der Waals surface area contributed by atoms with Crippen LogP contribution in [0.15, 0.2) is 36.5 Å². The van der Waals surface area contributed by atoms with Crippen LogP contribution in [0.1, 0.15) is 27.8 Å². The number of nitrogens with two attached hydrogens (primary N) is 2. The third-order valence-corrected chi connectivity index (χ3v) is 4.04. The smallest absolute Gasteiger partial charge is 0.142 e. The minimum absolute atomic E-state index is 0.328. The van der Waals surface area contributed by atoms with E-state index in [0.29, 0.717) is 11.3 Å². The van der Waals surface area contributed by atoms with Gasteiger partial charge in [0.25, 0.3) is 0 Å². The van der Waals surface area contributed by atoms with Crippen LogP contribution in [0, 0.1) is 19.7 Å². The van der Waals surface area contributed by atoms with Crippen molar-refractivity contribution in [1.29, 1.82) is 0 Å². The molecule has 0 aliphatic carbocycles. The molecule has 0 fully saturated rings. The molecular weight excluding hydrogens is 265 g/mol. The van der Waals surface area contributed by atoms with E-state index in [9.17, 15) is 4.39 Å². The Morgan fingerprint density at radius 1 is 1.10 bits per heavy atom. The molecule has 1 atom stereocenters. The summed E-state index contributed by atoms with van der Waals surface area (Å²) in [4.78, 5) is 0. The van der Waals surface area contributed by atoms with Gasteiger partial charge in [0.2, 0.25) is 0 Å². The van der Waals surface area contributed by atoms with Gasteiger partial charge in [0, 0.05) is 22.4 Å². The number of rotatable bonds is 1. The highest BCUT2D eigenvalue weighted by atomic mass is 19.1. The standard InChI is InChI=1S/C17H18FN3/c1-10-3-5-14(15(18)9-10)17(20)13-6-4-11(2)16(19)12(13)7-8-21-17/h3-9,21H,19-20H2,1-2H3. The third kappa shape index (κ3) is 1.99. The van der Waals surface area contributed by atoms with E-state index in [1.54, 1.807) is 12.3 Å². The maximum atomic E-state index is 14.4. The van der Waals surface area contributed by atoms with E-state index in [2.05, 4.69) is 5.32 Å². The van der Waals surface area contributed by atoms with E-state index >= 15 is 0 Å². The van der Waals surface area contributed by atoms with Gasteiger partial charge in [-0.1, -0.05) is 24.3 Å². The molecule has 5 N–H and O–H groups in total. The molecule has 1 heterocycles. The molecule has 0 spiro atoms. The summed E-state index contributed by atoms with van der Waals surface area (Å²) >= 11 is 0. The Morgan fingerprint density at radius 2 is 1.81 bits per heavy atom. The van der Waals surface area contributed by atoms with Crippen LogP contribution in [0.2, 0.25) is 0 Å². The molecule has 1 unspecified atom stereocenters. The first kappa shape index (κ1) is 13.6. The van der Waals surface area contributed by atoms with E-state index in [1.807, 2.05) is 38.1 Å². The fourth-order valence-corrected chi connectivity index (χ4v) is 2.77. The molecule has 0 bridgehead atoms. The van der Waals surface area contributed by atoms with Crippen molar-refractivity contribution in [2.24, 2.45) is 5.73 Å². The first-order chi connectivity index (χ1) is 9.93. The molecule has 2 aromatic carbocycles. The van der Waals surface area contributed by atoms with E-state index in [0.717, 1.165) is 22.3 Å². The molecule has 3 nitrogen and oxygen atoms in total. The second kappa shape index (κ2) is 4.60. The SMILES string of the molecule is Cc1ccc(C2(N)NC=Cc3c2ccc(C)c3N)c(F)c1. The Labute approximate surface area is 123 Å². The number of anilines is 1. The molecule has 1 aliphatic rings.